The second-order valence-electron chi connectivity index (χ2n) is 3.42. The van der Waals surface area contributed by atoms with Gasteiger partial charge in [-0.3, -0.25) is 10.1 Å². The summed E-state index contributed by atoms with van der Waals surface area (Å²) in [6.07, 6.45) is 0. The van der Waals surface area contributed by atoms with E-state index in [1.165, 1.54) is 6.07 Å². The van der Waals surface area contributed by atoms with Crippen LogP contribution in [-0.2, 0) is 0 Å². The lowest BCUT2D eigenvalue weighted by Crippen LogP contribution is -2.53. The van der Waals surface area contributed by atoms with E-state index in [9.17, 15) is 10.1 Å². The highest BCUT2D eigenvalue weighted by molar-refractivity contribution is 5.68. The lowest BCUT2D eigenvalue weighted by Gasteiger charge is -2.09. The van der Waals surface area contributed by atoms with E-state index in [0.717, 1.165) is 12.2 Å². The highest BCUT2D eigenvalue weighted by Crippen LogP contribution is 2.27. The van der Waals surface area contributed by atoms with Crippen LogP contribution < -0.4 is 16.4 Å². The molecular weight excluding hydrogens is 224 g/mol. The Morgan fingerprint density at radius 3 is 2.71 bits per heavy atom. The highest BCUT2D eigenvalue weighted by atomic mass is 16.6. The van der Waals surface area contributed by atoms with Gasteiger partial charge >= 0.3 is 0 Å². The van der Waals surface area contributed by atoms with E-state index in [-0.39, 0.29) is 18.8 Å². The third-order valence-corrected chi connectivity index (χ3v) is 2.13. The normalized spacial score (nSPS) is 10.0. The standard InChI is InChI=1S/C10H16N4O3/c11-3-4-12-8-1-2-10(14(16)17)9(7-8)13-5-6-15/h1-2,7,12-13,15H,3-6,11H2/p+1. The largest absolute Gasteiger partial charge is 0.395 e. The first-order valence-electron chi connectivity index (χ1n) is 5.35. The third-order valence-electron chi connectivity index (χ3n) is 2.13. The number of quaternary nitrogens is 1. The van der Waals surface area contributed by atoms with Gasteiger partial charge in [0.25, 0.3) is 5.69 Å². The number of nitro groups is 1. The Hall–Kier alpha value is -1.86. The van der Waals surface area contributed by atoms with E-state index in [1.807, 2.05) is 0 Å². The van der Waals surface area contributed by atoms with Gasteiger partial charge in [0.15, 0.2) is 0 Å². The molecule has 0 fully saturated rings. The van der Waals surface area contributed by atoms with Gasteiger partial charge in [-0.05, 0) is 12.1 Å². The quantitative estimate of drug-likeness (QED) is 0.385. The van der Waals surface area contributed by atoms with Crippen molar-refractivity contribution in [2.45, 2.75) is 0 Å². The van der Waals surface area contributed by atoms with Crippen LogP contribution >= 0.6 is 0 Å². The van der Waals surface area contributed by atoms with Gasteiger partial charge in [-0.15, -0.1) is 0 Å². The molecule has 0 atom stereocenters. The van der Waals surface area contributed by atoms with E-state index >= 15 is 0 Å². The molecule has 17 heavy (non-hydrogen) atoms. The molecule has 0 aliphatic rings. The molecule has 0 unspecified atom stereocenters. The van der Waals surface area contributed by atoms with Crippen molar-refractivity contribution in [1.29, 1.82) is 0 Å². The fourth-order valence-electron chi connectivity index (χ4n) is 1.37. The van der Waals surface area contributed by atoms with Gasteiger partial charge in [-0.25, -0.2) is 0 Å². The molecule has 0 saturated carbocycles. The Morgan fingerprint density at radius 1 is 1.35 bits per heavy atom. The van der Waals surface area contributed by atoms with Crippen LogP contribution in [0, 0.1) is 10.1 Å². The van der Waals surface area contributed by atoms with Gasteiger partial charge in [-0.2, -0.15) is 0 Å². The first kappa shape index (κ1) is 13.2. The molecule has 0 bridgehead atoms. The summed E-state index contributed by atoms with van der Waals surface area (Å²) >= 11 is 0. The number of hydrogen-bond acceptors (Lipinski definition) is 5. The fourth-order valence-corrected chi connectivity index (χ4v) is 1.37. The zero-order valence-corrected chi connectivity index (χ0v) is 9.48. The summed E-state index contributed by atoms with van der Waals surface area (Å²) in [6, 6.07) is 4.74. The molecule has 6 N–H and O–H groups in total. The molecule has 0 amide bonds. The Kier molecular flexibility index (Phi) is 5.18. The third kappa shape index (κ3) is 3.89. The Balaban J connectivity index is 2.88. The fraction of sp³-hybridized carbons (Fsp3) is 0.400. The van der Waals surface area contributed by atoms with Crippen molar-refractivity contribution < 1.29 is 15.8 Å². The molecule has 0 heterocycles. The van der Waals surface area contributed by atoms with E-state index in [1.54, 1.807) is 12.1 Å². The van der Waals surface area contributed by atoms with Crippen LogP contribution in [0.25, 0.3) is 0 Å². The summed E-state index contributed by atoms with van der Waals surface area (Å²) in [4.78, 5) is 10.3. The van der Waals surface area contributed by atoms with Crippen LogP contribution in [0.5, 0.6) is 0 Å². The summed E-state index contributed by atoms with van der Waals surface area (Å²) < 4.78 is 0. The Bertz CT molecular complexity index is 384. The van der Waals surface area contributed by atoms with Crippen molar-refractivity contribution in [3.8, 4) is 0 Å². The molecule has 0 saturated heterocycles. The lowest BCUT2D eigenvalue weighted by molar-refractivity contribution is -0.383. The second-order valence-corrected chi connectivity index (χ2v) is 3.42. The average molecular weight is 241 g/mol. The molecule has 0 radical (unpaired) electrons. The number of benzene rings is 1. The summed E-state index contributed by atoms with van der Waals surface area (Å²) in [5.74, 6) is 0. The smallest absolute Gasteiger partial charge is 0.292 e. The van der Waals surface area contributed by atoms with Crippen molar-refractivity contribution in [3.63, 3.8) is 0 Å². The van der Waals surface area contributed by atoms with Crippen molar-refractivity contribution in [1.82, 2.24) is 0 Å². The van der Waals surface area contributed by atoms with E-state index in [0.29, 0.717) is 12.2 Å². The number of nitrogens with zero attached hydrogens (tertiary/aromatic N) is 1. The maximum atomic E-state index is 10.8. The minimum atomic E-state index is -0.454. The number of aliphatic hydroxyl groups is 1. The first-order valence-corrected chi connectivity index (χ1v) is 5.35. The Morgan fingerprint density at radius 2 is 2.12 bits per heavy atom. The minimum absolute atomic E-state index is 0.00127. The van der Waals surface area contributed by atoms with Crippen molar-refractivity contribution >= 4 is 17.1 Å². The number of nitro benzene ring substituents is 1. The van der Waals surface area contributed by atoms with E-state index < -0.39 is 4.92 Å². The summed E-state index contributed by atoms with van der Waals surface area (Å²) in [5.41, 5.74) is 4.89. The summed E-state index contributed by atoms with van der Waals surface area (Å²) in [6.45, 7) is 1.64. The zero-order chi connectivity index (χ0) is 12.7. The van der Waals surface area contributed by atoms with Crippen LogP contribution in [0.1, 0.15) is 0 Å². The van der Waals surface area contributed by atoms with Crippen LogP contribution in [0.15, 0.2) is 18.2 Å². The molecule has 1 aromatic carbocycles. The predicted molar refractivity (Wildman–Crippen MR) is 64.9 cm³/mol. The zero-order valence-electron chi connectivity index (χ0n) is 9.48. The lowest BCUT2D eigenvalue weighted by atomic mass is 10.2. The Labute approximate surface area is 98.8 Å². The maximum Gasteiger partial charge on any atom is 0.292 e. The minimum Gasteiger partial charge on any atom is -0.395 e. The first-order chi connectivity index (χ1) is 8.19. The van der Waals surface area contributed by atoms with E-state index in [4.69, 9.17) is 5.11 Å². The molecule has 0 spiro atoms. The van der Waals surface area contributed by atoms with Crippen molar-refractivity contribution in [2.24, 2.45) is 0 Å². The monoisotopic (exact) mass is 241 g/mol. The number of rotatable bonds is 7. The summed E-state index contributed by atoms with van der Waals surface area (Å²) in [7, 11) is 0. The van der Waals surface area contributed by atoms with Crippen LogP contribution in [0.3, 0.4) is 0 Å². The van der Waals surface area contributed by atoms with Gasteiger partial charge in [0.2, 0.25) is 0 Å². The number of nitrogens with one attached hydrogen (secondary N) is 2. The molecule has 7 heteroatoms. The number of hydrogen-bond donors (Lipinski definition) is 4. The van der Waals surface area contributed by atoms with E-state index in [2.05, 4.69) is 16.4 Å². The van der Waals surface area contributed by atoms with Crippen LogP contribution in [-0.4, -0.2) is 36.3 Å². The van der Waals surface area contributed by atoms with Crippen molar-refractivity contribution in [2.75, 3.05) is 36.9 Å². The highest BCUT2D eigenvalue weighted by Gasteiger charge is 2.13. The molecule has 0 aromatic heterocycles. The molecule has 0 aliphatic carbocycles. The molecule has 94 valence electrons. The van der Waals surface area contributed by atoms with Gasteiger partial charge in [0, 0.05) is 18.3 Å². The molecule has 0 aliphatic heterocycles. The van der Waals surface area contributed by atoms with Gasteiger partial charge in [-0.1, -0.05) is 0 Å². The summed E-state index contributed by atoms with van der Waals surface area (Å²) in [5, 5.41) is 25.4. The van der Waals surface area contributed by atoms with Gasteiger partial charge < -0.3 is 21.5 Å². The average Bonchev–Trinajstić information content (AvgIpc) is 2.33. The van der Waals surface area contributed by atoms with Gasteiger partial charge in [0.1, 0.15) is 5.69 Å². The number of aliphatic hydroxyl groups excluding tert-OH is 1. The topological polar surface area (TPSA) is 115 Å². The maximum absolute atomic E-state index is 10.8. The van der Waals surface area contributed by atoms with Crippen molar-refractivity contribution in [3.05, 3.63) is 28.3 Å². The molecular formula is C10H17N4O3+. The SMILES string of the molecule is [NH3+]CCNc1ccc([N+](=O)[O-])c(NCCO)c1. The second kappa shape index (κ2) is 6.66. The molecule has 1 aromatic rings. The van der Waals surface area contributed by atoms with Crippen LogP contribution in [0.4, 0.5) is 17.1 Å². The van der Waals surface area contributed by atoms with Gasteiger partial charge in [0.05, 0.1) is 24.6 Å². The van der Waals surface area contributed by atoms with Crippen LogP contribution in [0.2, 0.25) is 0 Å². The number of anilines is 2. The molecule has 1 rings (SSSR count). The predicted octanol–water partition coefficient (Wildman–Crippen LogP) is -0.347. The molecule has 7 nitrogen and oxygen atoms in total.